The van der Waals surface area contributed by atoms with Crippen LogP contribution in [0.15, 0.2) is 58.5 Å². The number of halogens is 1. The summed E-state index contributed by atoms with van der Waals surface area (Å²) >= 11 is 7.59. The Balaban J connectivity index is 1.82. The summed E-state index contributed by atoms with van der Waals surface area (Å²) in [6, 6.07) is 14.0. The number of benzene rings is 1. The number of carbonyl (C=O) groups excluding carboxylic acids is 1. The number of rotatable bonds is 9. The molecule has 1 heterocycles. The molecule has 0 bridgehead atoms. The molecular weight excluding hydrogens is 394 g/mol. The first-order valence-corrected chi connectivity index (χ1v) is 10.4. The van der Waals surface area contributed by atoms with Crippen LogP contribution in [0.1, 0.15) is 5.56 Å². The number of aromatic nitrogens is 1. The molecule has 0 aliphatic rings. The van der Waals surface area contributed by atoms with Crippen LogP contribution >= 0.6 is 23.4 Å². The Labute approximate surface area is 175 Å². The fourth-order valence-electron chi connectivity index (χ4n) is 2.20. The van der Waals surface area contributed by atoms with Gasteiger partial charge in [0.1, 0.15) is 11.7 Å². The van der Waals surface area contributed by atoms with E-state index in [1.54, 1.807) is 38.1 Å². The van der Waals surface area contributed by atoms with Gasteiger partial charge in [0.2, 0.25) is 5.91 Å². The summed E-state index contributed by atoms with van der Waals surface area (Å²) in [4.78, 5) is 23.1. The normalized spacial score (nSPS) is 11.2. The van der Waals surface area contributed by atoms with E-state index in [0.29, 0.717) is 17.7 Å². The number of carbonyl (C=O) groups is 1. The summed E-state index contributed by atoms with van der Waals surface area (Å²) in [5.74, 6) is 1.49. The SMILES string of the molecule is CN(C)C(=O)CN=C(NCCSc1ccccc1)NCCc1ccc(Cl)nc1. The van der Waals surface area contributed by atoms with E-state index in [-0.39, 0.29) is 12.5 Å². The lowest BCUT2D eigenvalue weighted by Gasteiger charge is -2.14. The molecule has 0 radical (unpaired) electrons. The van der Waals surface area contributed by atoms with Gasteiger partial charge in [0, 0.05) is 44.0 Å². The molecule has 2 aromatic rings. The van der Waals surface area contributed by atoms with Crippen LogP contribution in [0.3, 0.4) is 0 Å². The molecule has 8 heteroatoms. The topological polar surface area (TPSA) is 69.6 Å². The van der Waals surface area contributed by atoms with Gasteiger partial charge in [-0.05, 0) is 30.2 Å². The lowest BCUT2D eigenvalue weighted by molar-refractivity contribution is -0.127. The highest BCUT2D eigenvalue weighted by atomic mass is 35.5. The zero-order chi connectivity index (χ0) is 20.2. The van der Waals surface area contributed by atoms with Gasteiger partial charge < -0.3 is 15.5 Å². The standard InChI is InChI=1S/C20H26ClN5OS/c1-26(2)19(27)15-25-20(22-11-10-16-8-9-18(21)24-14-16)23-12-13-28-17-6-4-3-5-7-17/h3-9,14H,10-13,15H2,1-2H3,(H2,22,23,25). The Bertz CT molecular complexity index is 753. The first-order chi connectivity index (χ1) is 13.5. The predicted molar refractivity (Wildman–Crippen MR) is 117 cm³/mol. The van der Waals surface area contributed by atoms with Gasteiger partial charge in [-0.2, -0.15) is 0 Å². The molecule has 0 atom stereocenters. The highest BCUT2D eigenvalue weighted by molar-refractivity contribution is 7.99. The minimum atomic E-state index is -0.0401. The van der Waals surface area contributed by atoms with Crippen LogP contribution in [-0.4, -0.2) is 61.2 Å². The number of thioether (sulfide) groups is 1. The maximum atomic E-state index is 11.8. The minimum absolute atomic E-state index is 0.0401. The first kappa shape index (κ1) is 22.0. The Kier molecular flexibility index (Phi) is 9.65. The van der Waals surface area contributed by atoms with Gasteiger partial charge in [0.25, 0.3) is 0 Å². The molecule has 0 aliphatic heterocycles. The van der Waals surface area contributed by atoms with Crippen molar-refractivity contribution in [2.75, 3.05) is 39.5 Å². The zero-order valence-corrected chi connectivity index (χ0v) is 17.8. The van der Waals surface area contributed by atoms with Gasteiger partial charge in [-0.1, -0.05) is 35.9 Å². The molecule has 0 saturated carbocycles. The largest absolute Gasteiger partial charge is 0.356 e. The lowest BCUT2D eigenvalue weighted by Crippen LogP contribution is -2.40. The van der Waals surface area contributed by atoms with Crippen molar-refractivity contribution < 1.29 is 4.79 Å². The first-order valence-electron chi connectivity index (χ1n) is 9.05. The molecule has 150 valence electrons. The molecule has 1 aromatic carbocycles. The molecule has 1 aromatic heterocycles. The average Bonchev–Trinajstić information content (AvgIpc) is 2.70. The molecule has 2 N–H and O–H groups in total. The van der Waals surface area contributed by atoms with Crippen molar-refractivity contribution in [1.82, 2.24) is 20.5 Å². The zero-order valence-electron chi connectivity index (χ0n) is 16.2. The van der Waals surface area contributed by atoms with Crippen LogP contribution < -0.4 is 10.6 Å². The van der Waals surface area contributed by atoms with Gasteiger partial charge in [-0.3, -0.25) is 4.79 Å². The third-order valence-electron chi connectivity index (χ3n) is 3.77. The number of guanidine groups is 1. The molecule has 1 amide bonds. The van der Waals surface area contributed by atoms with Crippen molar-refractivity contribution in [3.8, 4) is 0 Å². The van der Waals surface area contributed by atoms with Crippen LogP contribution in [0.25, 0.3) is 0 Å². The second-order valence-corrected chi connectivity index (χ2v) is 7.76. The van der Waals surface area contributed by atoms with Gasteiger partial charge in [0.05, 0.1) is 0 Å². The van der Waals surface area contributed by atoms with Gasteiger partial charge in [-0.25, -0.2) is 9.98 Å². The van der Waals surface area contributed by atoms with E-state index in [1.807, 2.05) is 24.3 Å². The van der Waals surface area contributed by atoms with Crippen molar-refractivity contribution in [3.05, 3.63) is 59.4 Å². The van der Waals surface area contributed by atoms with Crippen LogP contribution in [0.5, 0.6) is 0 Å². The van der Waals surface area contributed by atoms with Crippen molar-refractivity contribution in [2.45, 2.75) is 11.3 Å². The molecule has 6 nitrogen and oxygen atoms in total. The van der Waals surface area contributed by atoms with Gasteiger partial charge in [0.15, 0.2) is 5.96 Å². The molecule has 0 unspecified atom stereocenters. The quantitative estimate of drug-likeness (QED) is 0.215. The van der Waals surface area contributed by atoms with Crippen molar-refractivity contribution >= 4 is 35.2 Å². The Morgan fingerprint density at radius 1 is 1.14 bits per heavy atom. The summed E-state index contributed by atoms with van der Waals surface area (Å²) in [5.41, 5.74) is 1.08. The van der Waals surface area contributed by atoms with E-state index in [0.717, 1.165) is 24.3 Å². The summed E-state index contributed by atoms with van der Waals surface area (Å²) in [5, 5.41) is 7.05. The second kappa shape index (κ2) is 12.3. The van der Waals surface area contributed by atoms with E-state index in [1.165, 1.54) is 9.80 Å². The van der Waals surface area contributed by atoms with E-state index in [4.69, 9.17) is 11.6 Å². The molecule has 28 heavy (non-hydrogen) atoms. The van der Waals surface area contributed by atoms with E-state index >= 15 is 0 Å². The molecule has 2 rings (SSSR count). The molecule has 0 saturated heterocycles. The number of nitrogens with one attached hydrogen (secondary N) is 2. The number of hydrogen-bond donors (Lipinski definition) is 2. The summed E-state index contributed by atoms with van der Waals surface area (Å²) in [6.45, 7) is 1.53. The molecule has 0 spiro atoms. The van der Waals surface area contributed by atoms with Crippen LogP contribution in [-0.2, 0) is 11.2 Å². The highest BCUT2D eigenvalue weighted by Gasteiger charge is 2.05. The summed E-state index contributed by atoms with van der Waals surface area (Å²) < 4.78 is 0. The smallest absolute Gasteiger partial charge is 0.243 e. The minimum Gasteiger partial charge on any atom is -0.356 e. The van der Waals surface area contributed by atoms with E-state index < -0.39 is 0 Å². The number of likely N-dealkylation sites (N-methyl/N-ethyl adjacent to an activating group) is 1. The van der Waals surface area contributed by atoms with Crippen molar-refractivity contribution in [2.24, 2.45) is 4.99 Å². The number of hydrogen-bond acceptors (Lipinski definition) is 4. The Hall–Kier alpha value is -2.25. The van der Waals surface area contributed by atoms with E-state index in [9.17, 15) is 4.79 Å². The Morgan fingerprint density at radius 2 is 1.89 bits per heavy atom. The van der Waals surface area contributed by atoms with E-state index in [2.05, 4.69) is 32.7 Å². The number of aliphatic imine (C=N–C) groups is 1. The lowest BCUT2D eigenvalue weighted by atomic mass is 10.2. The van der Waals surface area contributed by atoms with Crippen LogP contribution in [0, 0.1) is 0 Å². The molecule has 0 fully saturated rings. The summed E-state index contributed by atoms with van der Waals surface area (Å²) in [7, 11) is 3.45. The highest BCUT2D eigenvalue weighted by Crippen LogP contribution is 2.15. The monoisotopic (exact) mass is 419 g/mol. The molecular formula is C20H26ClN5OS. The second-order valence-electron chi connectivity index (χ2n) is 6.21. The van der Waals surface area contributed by atoms with Crippen molar-refractivity contribution in [1.29, 1.82) is 0 Å². The molecule has 0 aliphatic carbocycles. The average molecular weight is 420 g/mol. The van der Waals surface area contributed by atoms with Gasteiger partial charge in [-0.15, -0.1) is 11.8 Å². The number of amides is 1. The Morgan fingerprint density at radius 3 is 2.57 bits per heavy atom. The van der Waals surface area contributed by atoms with Gasteiger partial charge >= 0.3 is 0 Å². The fraction of sp³-hybridized carbons (Fsp3) is 0.350. The van der Waals surface area contributed by atoms with Crippen LogP contribution in [0.2, 0.25) is 5.15 Å². The maximum Gasteiger partial charge on any atom is 0.243 e. The van der Waals surface area contributed by atoms with Crippen molar-refractivity contribution in [3.63, 3.8) is 0 Å². The third-order valence-corrected chi connectivity index (χ3v) is 5.01. The summed E-state index contributed by atoms with van der Waals surface area (Å²) in [6.07, 6.45) is 2.55. The third kappa shape index (κ3) is 8.63. The maximum absolute atomic E-state index is 11.8. The van der Waals surface area contributed by atoms with Crippen LogP contribution in [0.4, 0.5) is 0 Å². The number of nitrogens with zero attached hydrogens (tertiary/aromatic N) is 3. The number of pyridine rings is 1. The fourth-order valence-corrected chi connectivity index (χ4v) is 3.10. The predicted octanol–water partition coefficient (Wildman–Crippen LogP) is 2.69.